The van der Waals surface area contributed by atoms with Gasteiger partial charge in [0.1, 0.15) is 16.8 Å². The van der Waals surface area contributed by atoms with Gasteiger partial charge in [0.15, 0.2) is 10.7 Å². The lowest BCUT2D eigenvalue weighted by atomic mass is 9.96. The van der Waals surface area contributed by atoms with Crippen LogP contribution in [0.15, 0.2) is 40.9 Å². The normalized spacial score (nSPS) is 19.8. The Hall–Kier alpha value is -3.26. The Morgan fingerprint density at radius 2 is 2.00 bits per heavy atom. The first kappa shape index (κ1) is 24.8. The number of sulfonamides is 1. The number of nitrogens with zero attached hydrogens (tertiary/aromatic N) is 6. The van der Waals surface area contributed by atoms with Crippen molar-refractivity contribution in [3.05, 3.63) is 41.5 Å². The molecule has 4 heterocycles. The molecule has 202 valence electrons. The molecule has 0 unspecified atom stereocenters. The van der Waals surface area contributed by atoms with Gasteiger partial charge in [-0.15, -0.1) is 10.2 Å². The summed E-state index contributed by atoms with van der Waals surface area (Å²) in [5.74, 6) is 0.0173. The third-order valence-corrected chi connectivity index (χ3v) is 10.3. The number of benzene rings is 1. The number of methoxy groups -OCH3 is 1. The van der Waals surface area contributed by atoms with Crippen molar-refractivity contribution >= 4 is 49.4 Å². The monoisotopic (exact) mass is 565 g/mol. The van der Waals surface area contributed by atoms with E-state index in [1.807, 2.05) is 24.0 Å². The molecule has 1 amide bonds. The van der Waals surface area contributed by atoms with Crippen LogP contribution in [0.5, 0.6) is 0 Å². The van der Waals surface area contributed by atoms with Gasteiger partial charge in [-0.3, -0.25) is 4.79 Å². The molecule has 0 atom stereocenters. The van der Waals surface area contributed by atoms with Gasteiger partial charge in [-0.2, -0.15) is 5.10 Å². The van der Waals surface area contributed by atoms with Crippen LogP contribution in [0.25, 0.3) is 32.8 Å². The Balaban J connectivity index is 1.36. The zero-order chi connectivity index (χ0) is 27.0. The van der Waals surface area contributed by atoms with Crippen molar-refractivity contribution in [3.8, 4) is 10.7 Å². The number of carbonyl (C=O) groups excluding carboxylic acids is 1. The molecule has 0 saturated heterocycles. The molecule has 1 aromatic carbocycles. The van der Waals surface area contributed by atoms with Crippen molar-refractivity contribution < 1.29 is 17.9 Å². The minimum Gasteiger partial charge on any atom is -0.368 e. The molecule has 3 aliphatic rings. The van der Waals surface area contributed by atoms with Crippen LogP contribution in [-0.4, -0.2) is 75.4 Å². The SMILES string of the molecule is COC1(C(=O)N2CC=C(c3cc(S(=O)(=O)NC4(C)CC4)cc4cnc5cc(-c6nncs6)nn5c34)CC2)CC1. The molecule has 13 heteroatoms. The number of rotatable bonds is 7. The number of nitrogens with one attached hydrogen (secondary N) is 1. The largest absolute Gasteiger partial charge is 0.368 e. The first-order valence-electron chi connectivity index (χ1n) is 12.9. The first-order valence-corrected chi connectivity index (χ1v) is 15.2. The van der Waals surface area contributed by atoms with E-state index in [2.05, 4.69) is 19.9 Å². The van der Waals surface area contributed by atoms with Crippen molar-refractivity contribution in [2.24, 2.45) is 0 Å². The lowest BCUT2D eigenvalue weighted by Crippen LogP contribution is -2.43. The molecular weight excluding hydrogens is 538 g/mol. The minimum atomic E-state index is -3.76. The zero-order valence-electron chi connectivity index (χ0n) is 21.5. The summed E-state index contributed by atoms with van der Waals surface area (Å²) in [6.45, 7) is 2.86. The van der Waals surface area contributed by atoms with E-state index in [9.17, 15) is 13.2 Å². The van der Waals surface area contributed by atoms with Gasteiger partial charge >= 0.3 is 0 Å². The molecule has 0 spiro atoms. The Kier molecular flexibility index (Phi) is 5.47. The van der Waals surface area contributed by atoms with E-state index < -0.39 is 21.2 Å². The molecule has 2 aliphatic carbocycles. The van der Waals surface area contributed by atoms with Crippen LogP contribution in [0.4, 0.5) is 0 Å². The van der Waals surface area contributed by atoms with E-state index in [1.165, 1.54) is 11.3 Å². The smallest absolute Gasteiger partial charge is 0.255 e. The summed E-state index contributed by atoms with van der Waals surface area (Å²) in [4.78, 5) is 19.6. The minimum absolute atomic E-state index is 0.0173. The third-order valence-electron chi connectivity index (χ3n) is 7.95. The highest BCUT2D eigenvalue weighted by Crippen LogP contribution is 2.42. The molecular formula is C26H27N7O4S2. The first-order chi connectivity index (χ1) is 18.7. The molecule has 1 aliphatic heterocycles. The standard InChI is InChI=1S/C26H27N7O4S2/c1-25(5-6-25)31-39(35,36)18-11-17-14-27-21-13-20(23-29-28-15-38-23)30-33(21)22(17)19(12-18)16-3-9-32(10-4-16)24(34)26(37-2)7-8-26/h3,11-15,31H,4-10H2,1-2H3. The molecule has 39 heavy (non-hydrogen) atoms. The maximum absolute atomic E-state index is 13.4. The topological polar surface area (TPSA) is 132 Å². The summed E-state index contributed by atoms with van der Waals surface area (Å²) in [6, 6.07) is 5.22. The Bertz CT molecular complexity index is 1770. The quantitative estimate of drug-likeness (QED) is 0.362. The fourth-order valence-corrected chi connectivity index (χ4v) is 7.23. The maximum Gasteiger partial charge on any atom is 0.255 e. The third kappa shape index (κ3) is 4.24. The van der Waals surface area contributed by atoms with E-state index in [0.29, 0.717) is 41.2 Å². The second kappa shape index (κ2) is 8.62. The van der Waals surface area contributed by atoms with Crippen molar-refractivity contribution in [1.29, 1.82) is 0 Å². The van der Waals surface area contributed by atoms with Gasteiger partial charge in [-0.05, 0) is 56.7 Å². The molecule has 0 radical (unpaired) electrons. The van der Waals surface area contributed by atoms with Gasteiger partial charge in [0.2, 0.25) is 10.0 Å². The molecule has 1 N–H and O–H groups in total. The molecule has 2 fully saturated rings. The van der Waals surface area contributed by atoms with Crippen LogP contribution >= 0.6 is 11.3 Å². The lowest BCUT2D eigenvalue weighted by molar-refractivity contribution is -0.144. The van der Waals surface area contributed by atoms with E-state index >= 15 is 0 Å². The van der Waals surface area contributed by atoms with E-state index in [4.69, 9.17) is 9.84 Å². The number of ether oxygens (including phenoxy) is 1. The number of amides is 1. The highest BCUT2D eigenvalue weighted by Gasteiger charge is 2.52. The molecule has 4 aromatic rings. The molecule has 2 saturated carbocycles. The van der Waals surface area contributed by atoms with E-state index in [1.54, 1.807) is 35.5 Å². The number of fused-ring (bicyclic) bond motifs is 3. The van der Waals surface area contributed by atoms with Crippen LogP contribution in [0, 0.1) is 0 Å². The summed E-state index contributed by atoms with van der Waals surface area (Å²) >= 11 is 1.39. The molecule has 0 bridgehead atoms. The summed E-state index contributed by atoms with van der Waals surface area (Å²) in [5, 5.41) is 14.2. The zero-order valence-corrected chi connectivity index (χ0v) is 23.2. The van der Waals surface area contributed by atoms with Crippen LogP contribution in [-0.2, 0) is 19.6 Å². The fraction of sp³-hybridized carbons (Fsp3) is 0.423. The highest BCUT2D eigenvalue weighted by atomic mass is 32.2. The number of aromatic nitrogens is 5. The summed E-state index contributed by atoms with van der Waals surface area (Å²) in [6.07, 6.45) is 7.38. The summed E-state index contributed by atoms with van der Waals surface area (Å²) in [7, 11) is -2.18. The molecule has 7 rings (SSSR count). The average Bonchev–Trinajstić information content (AvgIpc) is 3.73. The van der Waals surface area contributed by atoms with Crippen LogP contribution in [0.2, 0.25) is 0 Å². The Morgan fingerprint density at radius 3 is 2.64 bits per heavy atom. The van der Waals surface area contributed by atoms with Gasteiger partial charge in [0.05, 0.1) is 10.4 Å². The van der Waals surface area contributed by atoms with Crippen molar-refractivity contribution in [1.82, 2.24) is 34.4 Å². The van der Waals surface area contributed by atoms with Crippen LogP contribution in [0.3, 0.4) is 0 Å². The Labute approximate surface area is 228 Å². The van der Waals surface area contributed by atoms with Crippen LogP contribution < -0.4 is 4.72 Å². The molecule has 11 nitrogen and oxygen atoms in total. The van der Waals surface area contributed by atoms with Gasteiger partial charge in [-0.1, -0.05) is 17.4 Å². The lowest BCUT2D eigenvalue weighted by Gasteiger charge is -2.30. The van der Waals surface area contributed by atoms with Gasteiger partial charge in [-0.25, -0.2) is 22.6 Å². The fourth-order valence-electron chi connectivity index (χ4n) is 5.19. The Morgan fingerprint density at radius 1 is 1.18 bits per heavy atom. The number of hydrogen-bond donors (Lipinski definition) is 1. The predicted octanol–water partition coefficient (Wildman–Crippen LogP) is 3.03. The van der Waals surface area contributed by atoms with Gasteiger partial charge in [0.25, 0.3) is 5.91 Å². The summed E-state index contributed by atoms with van der Waals surface area (Å²) < 4.78 is 37.0. The summed E-state index contributed by atoms with van der Waals surface area (Å²) in [5.41, 5.74) is 4.31. The van der Waals surface area contributed by atoms with Gasteiger partial charge in [0, 0.05) is 49.0 Å². The maximum atomic E-state index is 13.4. The number of carbonyl (C=O) groups is 1. The second-order valence-electron chi connectivity index (χ2n) is 10.8. The predicted molar refractivity (Wildman–Crippen MR) is 146 cm³/mol. The van der Waals surface area contributed by atoms with E-state index in [-0.39, 0.29) is 10.8 Å². The highest BCUT2D eigenvalue weighted by molar-refractivity contribution is 7.89. The average molecular weight is 566 g/mol. The van der Waals surface area contributed by atoms with E-state index in [0.717, 1.165) is 42.3 Å². The van der Waals surface area contributed by atoms with Gasteiger partial charge < -0.3 is 9.64 Å². The van der Waals surface area contributed by atoms with Crippen molar-refractivity contribution in [2.75, 3.05) is 20.2 Å². The second-order valence-corrected chi connectivity index (χ2v) is 13.3. The van der Waals surface area contributed by atoms with Crippen molar-refractivity contribution in [3.63, 3.8) is 0 Å². The molecule has 3 aromatic heterocycles. The van der Waals surface area contributed by atoms with Crippen LogP contribution in [0.1, 0.15) is 44.6 Å². The number of hydrogen-bond acceptors (Lipinski definition) is 9. The van der Waals surface area contributed by atoms with Crippen molar-refractivity contribution in [2.45, 2.75) is 55.1 Å².